The number of nitrogens with zero attached hydrogens (tertiary/aromatic N) is 7. The highest BCUT2D eigenvalue weighted by Crippen LogP contribution is 2.43. The molecule has 0 N–H and O–H groups in total. The number of amides is 1. The topological polar surface area (TPSA) is 89.3 Å². The molecule has 3 aliphatic rings. The van der Waals surface area contributed by atoms with Crippen LogP contribution in [0.1, 0.15) is 50.4 Å². The lowest BCUT2D eigenvalue weighted by Crippen LogP contribution is -2.42. The lowest BCUT2D eigenvalue weighted by atomic mass is 9.77. The van der Waals surface area contributed by atoms with E-state index in [4.69, 9.17) is 9.72 Å². The molecular weight excluding hydrogens is 602 g/mol. The van der Waals surface area contributed by atoms with Crippen LogP contribution in [0.15, 0.2) is 24.5 Å². The van der Waals surface area contributed by atoms with Gasteiger partial charge in [0.2, 0.25) is 5.91 Å². The van der Waals surface area contributed by atoms with E-state index in [1.54, 1.807) is 11.1 Å². The first-order valence-corrected chi connectivity index (χ1v) is 13.4. The van der Waals surface area contributed by atoms with Gasteiger partial charge in [0.05, 0.1) is 18.1 Å². The minimum Gasteiger partial charge on any atom is -0.356 e. The molecule has 0 saturated carbocycles. The third kappa shape index (κ3) is 4.64. The molecule has 0 aromatic carbocycles. The smallest absolute Gasteiger partial charge is 0.356 e. The molecule has 6 heterocycles. The van der Waals surface area contributed by atoms with Gasteiger partial charge in [0.15, 0.2) is 15.6 Å². The fourth-order valence-electron chi connectivity index (χ4n) is 5.52. The second-order valence-corrected chi connectivity index (χ2v) is 11.0. The van der Waals surface area contributed by atoms with Gasteiger partial charge in [-0.25, -0.2) is 19.6 Å². The summed E-state index contributed by atoms with van der Waals surface area (Å²) in [5, 5.41) is 4.65. The number of anilines is 2. The lowest BCUT2D eigenvalue weighted by molar-refractivity contribution is -0.141. The Bertz CT molecular complexity index is 1320. The van der Waals surface area contributed by atoms with Gasteiger partial charge in [-0.15, -0.1) is 0 Å². The van der Waals surface area contributed by atoms with Gasteiger partial charge in [-0.05, 0) is 66.8 Å². The van der Waals surface area contributed by atoms with Crippen molar-refractivity contribution in [3.8, 4) is 0 Å². The molecule has 1 amide bonds. The number of rotatable bonds is 3. The third-order valence-electron chi connectivity index (χ3n) is 7.60. The molecular formula is C24H25F3IN7O2. The Morgan fingerprint density at radius 1 is 1.11 bits per heavy atom. The summed E-state index contributed by atoms with van der Waals surface area (Å²) in [5.74, 6) is 0.686. The van der Waals surface area contributed by atoms with E-state index in [1.165, 1.54) is 6.07 Å². The zero-order chi connectivity index (χ0) is 25.8. The quantitative estimate of drug-likeness (QED) is 0.394. The van der Waals surface area contributed by atoms with E-state index in [2.05, 4.69) is 42.6 Å². The molecule has 3 aromatic rings. The first-order chi connectivity index (χ1) is 17.7. The van der Waals surface area contributed by atoms with Gasteiger partial charge in [0.25, 0.3) is 0 Å². The molecule has 1 spiro atoms. The van der Waals surface area contributed by atoms with Gasteiger partial charge in [0, 0.05) is 38.1 Å². The van der Waals surface area contributed by atoms with Crippen molar-refractivity contribution in [1.82, 2.24) is 24.7 Å². The zero-order valence-electron chi connectivity index (χ0n) is 19.9. The number of piperidine rings is 1. The summed E-state index contributed by atoms with van der Waals surface area (Å²) in [5.41, 5.74) is 0.692. The summed E-state index contributed by atoms with van der Waals surface area (Å²) in [6, 6.07) is 2.25. The summed E-state index contributed by atoms with van der Waals surface area (Å²) in [6.07, 6.45) is 3.21. The molecule has 0 aliphatic carbocycles. The van der Waals surface area contributed by atoms with Crippen LogP contribution in [0.5, 0.6) is 0 Å². The molecule has 1 unspecified atom stereocenters. The second-order valence-electron chi connectivity index (χ2n) is 10.0. The lowest BCUT2D eigenvalue weighted by Gasteiger charge is -2.39. The third-order valence-corrected chi connectivity index (χ3v) is 8.32. The molecule has 9 nitrogen and oxygen atoms in total. The monoisotopic (exact) mass is 627 g/mol. The van der Waals surface area contributed by atoms with E-state index < -0.39 is 11.9 Å². The number of carbonyl (C=O) groups excluding carboxylic acids is 1. The average Bonchev–Trinajstić information content (AvgIpc) is 3.40. The summed E-state index contributed by atoms with van der Waals surface area (Å²) >= 11 is 2.18. The Balaban J connectivity index is 1.17. The predicted molar refractivity (Wildman–Crippen MR) is 137 cm³/mol. The van der Waals surface area contributed by atoms with Gasteiger partial charge >= 0.3 is 6.18 Å². The van der Waals surface area contributed by atoms with Crippen LogP contribution in [-0.2, 0) is 15.7 Å². The number of carbonyl (C=O) groups is 1. The number of pyridine rings is 1. The maximum atomic E-state index is 12.9. The maximum absolute atomic E-state index is 12.9. The van der Waals surface area contributed by atoms with Crippen molar-refractivity contribution in [3.63, 3.8) is 0 Å². The Kier molecular flexibility index (Phi) is 6.24. The molecule has 0 bridgehead atoms. The van der Waals surface area contributed by atoms with Gasteiger partial charge in [-0.2, -0.15) is 18.3 Å². The van der Waals surface area contributed by atoms with Crippen LogP contribution < -0.4 is 9.80 Å². The van der Waals surface area contributed by atoms with Crippen molar-refractivity contribution in [2.75, 3.05) is 36.0 Å². The molecule has 0 radical (unpaired) electrons. The Morgan fingerprint density at radius 2 is 1.92 bits per heavy atom. The molecule has 1 atom stereocenters. The fourth-order valence-corrected chi connectivity index (χ4v) is 6.14. The van der Waals surface area contributed by atoms with Crippen molar-refractivity contribution in [1.29, 1.82) is 0 Å². The number of halogens is 4. The number of alkyl halides is 3. The molecule has 3 fully saturated rings. The summed E-state index contributed by atoms with van der Waals surface area (Å²) in [4.78, 5) is 29.7. The molecule has 3 aliphatic heterocycles. The normalized spacial score (nSPS) is 22.4. The van der Waals surface area contributed by atoms with Crippen LogP contribution >= 0.6 is 22.6 Å². The van der Waals surface area contributed by atoms with Crippen molar-refractivity contribution in [3.05, 3.63) is 33.9 Å². The minimum atomic E-state index is -4.51. The Labute approximate surface area is 224 Å². The van der Waals surface area contributed by atoms with Crippen molar-refractivity contribution >= 4 is 51.2 Å². The number of hydrogen-bond acceptors (Lipinski definition) is 7. The summed E-state index contributed by atoms with van der Waals surface area (Å²) < 4.78 is 47.2. The number of hydrogen-bond donors (Lipinski definition) is 0. The molecule has 13 heteroatoms. The Hall–Kier alpha value is -2.55. The van der Waals surface area contributed by atoms with E-state index in [1.807, 2.05) is 4.68 Å². The van der Waals surface area contributed by atoms with Gasteiger partial charge < -0.3 is 14.5 Å². The van der Waals surface area contributed by atoms with E-state index >= 15 is 0 Å². The standard InChI is InChI=1S/C24H25F3IN7O2/c25-24(26,27)16-5-4-15(12-29-16)34-14-23(11-18(34)36)6-8-33(9-7-23)17-13-30-20-21(28)32-35(22(20)31-17)19-3-1-2-10-37-19/h4-5,12-13,19H,1-3,6-11,14H2. The van der Waals surface area contributed by atoms with Crippen LogP contribution in [0.3, 0.4) is 0 Å². The van der Waals surface area contributed by atoms with Crippen LogP contribution in [0, 0.1) is 9.12 Å². The number of ether oxygens (including phenoxy) is 1. The highest BCUT2D eigenvalue weighted by Gasteiger charge is 2.46. The van der Waals surface area contributed by atoms with E-state index in [0.29, 0.717) is 44.0 Å². The van der Waals surface area contributed by atoms with Gasteiger partial charge in [-0.3, -0.25) is 4.79 Å². The van der Waals surface area contributed by atoms with Crippen LogP contribution in [-0.4, -0.2) is 56.9 Å². The van der Waals surface area contributed by atoms with E-state index in [-0.39, 0.29) is 17.6 Å². The van der Waals surface area contributed by atoms with Crippen LogP contribution in [0.2, 0.25) is 0 Å². The minimum absolute atomic E-state index is 0.0813. The fraction of sp³-hybridized carbons (Fsp3) is 0.542. The maximum Gasteiger partial charge on any atom is 0.433 e. The van der Waals surface area contributed by atoms with E-state index in [0.717, 1.165) is 59.4 Å². The highest BCUT2D eigenvalue weighted by molar-refractivity contribution is 14.1. The van der Waals surface area contributed by atoms with Crippen molar-refractivity contribution in [2.24, 2.45) is 5.41 Å². The SMILES string of the molecule is O=C1CC2(CCN(c3cnc4c(I)nn(C5CCCCO5)c4n3)CC2)CN1c1ccc(C(F)(F)F)nc1. The molecule has 37 heavy (non-hydrogen) atoms. The van der Waals surface area contributed by atoms with Crippen LogP contribution in [0.4, 0.5) is 24.7 Å². The molecule has 3 saturated heterocycles. The molecule has 196 valence electrons. The molecule has 6 rings (SSSR count). The van der Waals surface area contributed by atoms with Gasteiger partial charge in [0.1, 0.15) is 17.0 Å². The number of fused-ring (bicyclic) bond motifs is 1. The zero-order valence-corrected chi connectivity index (χ0v) is 22.1. The summed E-state index contributed by atoms with van der Waals surface area (Å²) in [6.45, 7) is 2.60. The first kappa shape index (κ1) is 24.8. The summed E-state index contributed by atoms with van der Waals surface area (Å²) in [7, 11) is 0. The van der Waals surface area contributed by atoms with E-state index in [9.17, 15) is 18.0 Å². The predicted octanol–water partition coefficient (Wildman–Crippen LogP) is 4.57. The van der Waals surface area contributed by atoms with Gasteiger partial charge in [-0.1, -0.05) is 0 Å². The van der Waals surface area contributed by atoms with Crippen LogP contribution in [0.25, 0.3) is 11.2 Å². The largest absolute Gasteiger partial charge is 0.433 e. The average molecular weight is 627 g/mol. The highest BCUT2D eigenvalue weighted by atomic mass is 127. The number of aromatic nitrogens is 5. The Morgan fingerprint density at radius 3 is 2.59 bits per heavy atom. The molecule has 3 aromatic heterocycles. The second kappa shape index (κ2) is 9.33. The first-order valence-electron chi connectivity index (χ1n) is 12.3. The van der Waals surface area contributed by atoms with Crippen molar-refractivity contribution < 1.29 is 22.7 Å². The van der Waals surface area contributed by atoms with Crippen molar-refractivity contribution in [2.45, 2.75) is 50.9 Å².